The third-order valence-electron chi connectivity index (χ3n) is 3.27. The summed E-state index contributed by atoms with van der Waals surface area (Å²) in [5, 5.41) is 9.42. The van der Waals surface area contributed by atoms with Crippen molar-refractivity contribution in [2.75, 3.05) is 26.7 Å². The van der Waals surface area contributed by atoms with E-state index in [4.69, 9.17) is 0 Å². The molecule has 80 valence electrons. The van der Waals surface area contributed by atoms with Crippen LogP contribution in [0.2, 0.25) is 0 Å². The summed E-state index contributed by atoms with van der Waals surface area (Å²) in [5.41, 5.74) is 0. The zero-order chi connectivity index (χ0) is 10.1. The topological polar surface area (TPSA) is 43.8 Å². The molecule has 14 heavy (non-hydrogen) atoms. The van der Waals surface area contributed by atoms with Gasteiger partial charge in [0.2, 0.25) is 5.91 Å². The molecule has 0 radical (unpaired) electrons. The van der Waals surface area contributed by atoms with E-state index in [1.54, 1.807) is 4.90 Å². The average molecular weight is 198 g/mol. The zero-order valence-corrected chi connectivity index (χ0v) is 8.65. The Labute approximate surface area is 84.5 Å². The highest BCUT2D eigenvalue weighted by molar-refractivity contribution is 5.82. The molecule has 0 aromatic rings. The number of aliphatic hydroxyl groups excluding tert-OH is 1. The largest absolute Gasteiger partial charge is 0.392 e. The van der Waals surface area contributed by atoms with Crippen LogP contribution in [0, 0.1) is 0 Å². The van der Waals surface area contributed by atoms with E-state index < -0.39 is 0 Å². The molecule has 2 fully saturated rings. The Bertz CT molecular complexity index is 232. The number of likely N-dealkylation sites (tertiary alicyclic amines) is 2. The van der Waals surface area contributed by atoms with Gasteiger partial charge in [-0.2, -0.15) is 0 Å². The van der Waals surface area contributed by atoms with Gasteiger partial charge in [-0.05, 0) is 19.3 Å². The second-order valence-corrected chi connectivity index (χ2v) is 4.36. The van der Waals surface area contributed by atoms with Gasteiger partial charge >= 0.3 is 0 Å². The minimum Gasteiger partial charge on any atom is -0.392 e. The Morgan fingerprint density at radius 1 is 1.36 bits per heavy atom. The first-order valence-corrected chi connectivity index (χ1v) is 5.35. The van der Waals surface area contributed by atoms with Crippen LogP contribution in [0.25, 0.3) is 0 Å². The second-order valence-electron chi connectivity index (χ2n) is 4.36. The lowest BCUT2D eigenvalue weighted by atomic mass is 10.0. The van der Waals surface area contributed by atoms with Crippen LogP contribution < -0.4 is 0 Å². The van der Waals surface area contributed by atoms with Crippen molar-refractivity contribution in [3.63, 3.8) is 0 Å². The Morgan fingerprint density at radius 2 is 2.14 bits per heavy atom. The van der Waals surface area contributed by atoms with Gasteiger partial charge in [0.15, 0.2) is 0 Å². The van der Waals surface area contributed by atoms with E-state index in [-0.39, 0.29) is 18.1 Å². The molecule has 2 heterocycles. The molecule has 0 aliphatic carbocycles. The summed E-state index contributed by atoms with van der Waals surface area (Å²) in [7, 11) is 1.86. The van der Waals surface area contributed by atoms with E-state index in [1.165, 1.54) is 0 Å². The van der Waals surface area contributed by atoms with E-state index in [1.807, 2.05) is 7.05 Å². The van der Waals surface area contributed by atoms with Crippen molar-refractivity contribution in [2.24, 2.45) is 0 Å². The molecule has 2 aliphatic heterocycles. The van der Waals surface area contributed by atoms with Crippen LogP contribution in [0.3, 0.4) is 0 Å². The van der Waals surface area contributed by atoms with Crippen LogP contribution in [-0.4, -0.2) is 59.6 Å². The number of hydrogen-bond acceptors (Lipinski definition) is 3. The number of nitrogens with zero attached hydrogens (tertiary/aromatic N) is 2. The normalized spacial score (nSPS) is 35.3. The number of rotatable bonds is 1. The van der Waals surface area contributed by atoms with Crippen molar-refractivity contribution >= 4 is 5.91 Å². The summed E-state index contributed by atoms with van der Waals surface area (Å²) in [6.45, 7) is 2.42. The molecule has 4 heteroatoms. The lowest BCUT2D eigenvalue weighted by molar-refractivity contribution is -0.138. The molecule has 0 spiro atoms. The van der Waals surface area contributed by atoms with Crippen molar-refractivity contribution in [3.05, 3.63) is 0 Å². The molecule has 0 aromatic carbocycles. The van der Waals surface area contributed by atoms with E-state index in [0.717, 1.165) is 32.4 Å². The highest BCUT2D eigenvalue weighted by Gasteiger charge is 2.34. The third-order valence-corrected chi connectivity index (χ3v) is 3.27. The predicted molar refractivity (Wildman–Crippen MR) is 52.9 cm³/mol. The van der Waals surface area contributed by atoms with Gasteiger partial charge in [-0.25, -0.2) is 0 Å². The minimum atomic E-state index is -0.227. The van der Waals surface area contributed by atoms with Crippen molar-refractivity contribution in [1.82, 2.24) is 9.80 Å². The highest BCUT2D eigenvalue weighted by atomic mass is 16.3. The lowest BCUT2D eigenvalue weighted by Gasteiger charge is -2.34. The molecule has 1 N–H and O–H groups in total. The maximum atomic E-state index is 11.8. The summed E-state index contributed by atoms with van der Waals surface area (Å²) < 4.78 is 0. The first kappa shape index (κ1) is 9.93. The molecule has 4 nitrogen and oxygen atoms in total. The number of carbonyl (C=O) groups is 1. The fraction of sp³-hybridized carbons (Fsp3) is 0.900. The predicted octanol–water partition coefficient (Wildman–Crippen LogP) is -0.326. The zero-order valence-electron chi connectivity index (χ0n) is 8.65. The number of aliphatic hydroxyl groups is 1. The first-order chi connectivity index (χ1) is 6.68. The number of piperidine rings is 1. The monoisotopic (exact) mass is 198 g/mol. The highest BCUT2D eigenvalue weighted by Crippen LogP contribution is 2.20. The van der Waals surface area contributed by atoms with Gasteiger partial charge in [0.1, 0.15) is 0 Å². The second kappa shape index (κ2) is 3.87. The molecule has 0 saturated carbocycles. The van der Waals surface area contributed by atoms with Crippen molar-refractivity contribution in [1.29, 1.82) is 0 Å². The smallest absolute Gasteiger partial charge is 0.239 e. The lowest BCUT2D eigenvalue weighted by Crippen LogP contribution is -2.50. The fourth-order valence-corrected chi connectivity index (χ4v) is 2.40. The van der Waals surface area contributed by atoms with Crippen LogP contribution in [-0.2, 0) is 4.79 Å². The average Bonchev–Trinajstić information content (AvgIpc) is 2.57. The van der Waals surface area contributed by atoms with Crippen LogP contribution in [0.15, 0.2) is 0 Å². The van der Waals surface area contributed by atoms with Gasteiger partial charge in [0, 0.05) is 26.7 Å². The van der Waals surface area contributed by atoms with Gasteiger partial charge in [-0.3, -0.25) is 9.69 Å². The number of amides is 1. The molecule has 2 saturated heterocycles. The Balaban J connectivity index is 1.99. The van der Waals surface area contributed by atoms with Gasteiger partial charge < -0.3 is 10.0 Å². The van der Waals surface area contributed by atoms with Crippen LogP contribution in [0.5, 0.6) is 0 Å². The molecule has 0 bridgehead atoms. The molecule has 0 unspecified atom stereocenters. The Hall–Kier alpha value is -0.610. The van der Waals surface area contributed by atoms with E-state index in [2.05, 4.69) is 4.90 Å². The number of carbonyl (C=O) groups excluding carboxylic acids is 1. The van der Waals surface area contributed by atoms with Crippen molar-refractivity contribution in [3.8, 4) is 0 Å². The van der Waals surface area contributed by atoms with Crippen LogP contribution >= 0.6 is 0 Å². The summed E-state index contributed by atoms with van der Waals surface area (Å²) >= 11 is 0. The minimum absolute atomic E-state index is 0.0332. The van der Waals surface area contributed by atoms with Crippen molar-refractivity contribution < 1.29 is 9.90 Å². The van der Waals surface area contributed by atoms with Gasteiger partial charge in [0.25, 0.3) is 0 Å². The van der Waals surface area contributed by atoms with Crippen molar-refractivity contribution in [2.45, 2.75) is 31.4 Å². The summed E-state index contributed by atoms with van der Waals surface area (Å²) in [6, 6.07) is 0.0332. The van der Waals surface area contributed by atoms with Crippen LogP contribution in [0.1, 0.15) is 19.3 Å². The third kappa shape index (κ3) is 1.77. The molecule has 2 atom stereocenters. The molecule has 2 aliphatic rings. The number of likely N-dealkylation sites (N-methyl/N-ethyl adjacent to an activating group) is 1. The van der Waals surface area contributed by atoms with E-state index in [0.29, 0.717) is 6.54 Å². The summed E-state index contributed by atoms with van der Waals surface area (Å²) in [5.74, 6) is 0.227. The number of hydrogen-bond donors (Lipinski definition) is 1. The first-order valence-electron chi connectivity index (χ1n) is 5.35. The summed E-state index contributed by atoms with van der Waals surface area (Å²) in [6.07, 6.45) is 2.62. The number of β-amino-alcohol motifs (C(OH)–C–C–N with tert-alkyl or cyclic N) is 1. The Kier molecular flexibility index (Phi) is 2.74. The molecular weight excluding hydrogens is 180 g/mol. The van der Waals surface area contributed by atoms with Gasteiger partial charge in [0.05, 0.1) is 12.1 Å². The molecule has 0 aromatic heterocycles. The quantitative estimate of drug-likeness (QED) is 0.627. The maximum absolute atomic E-state index is 11.8. The van der Waals surface area contributed by atoms with E-state index in [9.17, 15) is 9.90 Å². The maximum Gasteiger partial charge on any atom is 0.239 e. The Morgan fingerprint density at radius 3 is 2.79 bits per heavy atom. The van der Waals surface area contributed by atoms with Gasteiger partial charge in [-0.1, -0.05) is 0 Å². The summed E-state index contributed by atoms with van der Waals surface area (Å²) in [4.78, 5) is 15.8. The van der Waals surface area contributed by atoms with E-state index >= 15 is 0 Å². The fourth-order valence-electron chi connectivity index (χ4n) is 2.40. The molecular formula is C10H18N2O2. The standard InChI is InChI=1S/C10H18N2O2/c1-11-5-2-3-9(10(11)14)12-6-4-8(13)7-12/h8-9,13H,2-7H2,1H3/t8-,9-/m0/s1. The van der Waals surface area contributed by atoms with Crippen LogP contribution in [0.4, 0.5) is 0 Å². The molecule has 2 rings (SSSR count). The van der Waals surface area contributed by atoms with Gasteiger partial charge in [-0.15, -0.1) is 0 Å². The SMILES string of the molecule is CN1CCC[C@H](N2CC[C@H](O)C2)C1=O. The molecule has 1 amide bonds.